The fraction of sp³-hybridized carbons (Fsp3) is 0.0476. The van der Waals surface area contributed by atoms with Gasteiger partial charge in [0.25, 0.3) is 0 Å². The first-order valence-corrected chi connectivity index (χ1v) is 15.4. The number of hydrogen-bond acceptors (Lipinski definition) is 0. The summed E-state index contributed by atoms with van der Waals surface area (Å²) >= 11 is 0. The molecule has 2 heterocycles. The van der Waals surface area contributed by atoms with Crippen LogP contribution >= 0.6 is 0 Å². The molecule has 1 aliphatic carbocycles. The van der Waals surface area contributed by atoms with Gasteiger partial charge in [0.15, 0.2) is 0 Å². The lowest BCUT2D eigenvalue weighted by Gasteiger charge is -2.19. The molecule has 44 heavy (non-hydrogen) atoms. The Morgan fingerprint density at radius 3 is 1.82 bits per heavy atom. The van der Waals surface area contributed by atoms with Gasteiger partial charge < -0.3 is 9.13 Å². The molecule has 0 fully saturated rings. The van der Waals surface area contributed by atoms with Gasteiger partial charge in [0.05, 0.1) is 16.6 Å². The third-order valence-electron chi connectivity index (χ3n) is 9.29. The Morgan fingerprint density at radius 2 is 1.05 bits per heavy atom. The van der Waals surface area contributed by atoms with Crippen molar-refractivity contribution in [2.75, 3.05) is 0 Å². The van der Waals surface area contributed by atoms with Crippen molar-refractivity contribution in [2.45, 2.75) is 12.3 Å². The summed E-state index contributed by atoms with van der Waals surface area (Å²) in [6.45, 7) is 0. The summed E-state index contributed by atoms with van der Waals surface area (Å²) in [6.07, 6.45) is 5.71. The molecule has 0 radical (unpaired) electrons. The average Bonchev–Trinajstić information content (AvgIpc) is 3.61. The number of fused-ring (bicyclic) bond motifs is 6. The topological polar surface area (TPSA) is 9.86 Å². The van der Waals surface area contributed by atoms with Crippen LogP contribution in [0.2, 0.25) is 0 Å². The van der Waals surface area contributed by atoms with Gasteiger partial charge in [0, 0.05) is 39.1 Å². The lowest BCUT2D eigenvalue weighted by Crippen LogP contribution is -2.07. The quantitative estimate of drug-likeness (QED) is 0.202. The smallest absolute Gasteiger partial charge is 0.0547 e. The standard InChI is InChI=1S/C42H30N2/c1-4-12-29(13-5-1)30-21-24-40-37(26-30)38-27-31(22-25-41(38)43(40)33-14-6-2-7-15-33)32-20-23-36-35-18-10-11-19-39(35)44(42(36)28-32)34-16-8-3-9-17-34/h1-25,27-28,30H,26H2. The van der Waals surface area contributed by atoms with E-state index in [1.54, 1.807) is 0 Å². The monoisotopic (exact) mass is 562 g/mol. The first-order chi connectivity index (χ1) is 21.8. The van der Waals surface area contributed by atoms with Crippen LogP contribution in [-0.2, 0) is 6.42 Å². The first-order valence-electron chi connectivity index (χ1n) is 15.4. The molecule has 0 saturated carbocycles. The van der Waals surface area contributed by atoms with Gasteiger partial charge in [-0.1, -0.05) is 109 Å². The van der Waals surface area contributed by atoms with Crippen molar-refractivity contribution in [3.05, 3.63) is 175 Å². The highest BCUT2D eigenvalue weighted by Crippen LogP contribution is 2.41. The second-order valence-electron chi connectivity index (χ2n) is 11.8. The molecule has 0 N–H and O–H groups in total. The molecule has 8 aromatic rings. The molecule has 2 aromatic heterocycles. The number of nitrogens with zero attached hydrogens (tertiary/aromatic N) is 2. The van der Waals surface area contributed by atoms with Crippen LogP contribution in [0.5, 0.6) is 0 Å². The second kappa shape index (κ2) is 10.00. The average molecular weight is 563 g/mol. The fourth-order valence-corrected chi connectivity index (χ4v) is 7.23. The molecule has 0 aliphatic heterocycles. The highest BCUT2D eigenvalue weighted by Gasteiger charge is 2.24. The van der Waals surface area contributed by atoms with Crippen molar-refractivity contribution < 1.29 is 0 Å². The summed E-state index contributed by atoms with van der Waals surface area (Å²) in [4.78, 5) is 0. The van der Waals surface area contributed by atoms with Crippen LogP contribution in [0.3, 0.4) is 0 Å². The largest absolute Gasteiger partial charge is 0.310 e. The molecule has 1 unspecified atom stereocenters. The van der Waals surface area contributed by atoms with Crippen molar-refractivity contribution >= 4 is 38.8 Å². The minimum absolute atomic E-state index is 0.361. The predicted molar refractivity (Wildman–Crippen MR) is 185 cm³/mol. The Bertz CT molecular complexity index is 2340. The maximum absolute atomic E-state index is 2.43. The van der Waals surface area contributed by atoms with Crippen molar-refractivity contribution in [1.82, 2.24) is 9.13 Å². The molecule has 0 bridgehead atoms. The fourth-order valence-electron chi connectivity index (χ4n) is 7.23. The number of aromatic nitrogens is 2. The van der Waals surface area contributed by atoms with E-state index in [-0.39, 0.29) is 0 Å². The summed E-state index contributed by atoms with van der Waals surface area (Å²) in [5, 5.41) is 3.88. The van der Waals surface area contributed by atoms with Crippen molar-refractivity contribution in [3.63, 3.8) is 0 Å². The van der Waals surface area contributed by atoms with Gasteiger partial charge in [-0.25, -0.2) is 0 Å². The zero-order valence-corrected chi connectivity index (χ0v) is 24.3. The number of hydrogen-bond donors (Lipinski definition) is 0. The maximum atomic E-state index is 2.43. The highest BCUT2D eigenvalue weighted by atomic mass is 15.0. The van der Waals surface area contributed by atoms with E-state index in [0.29, 0.717) is 5.92 Å². The summed E-state index contributed by atoms with van der Waals surface area (Å²) in [6, 6.07) is 55.1. The van der Waals surface area contributed by atoms with Gasteiger partial charge in [0.2, 0.25) is 0 Å². The Hall–Kier alpha value is -5.60. The van der Waals surface area contributed by atoms with Crippen molar-refractivity contribution in [1.29, 1.82) is 0 Å². The third kappa shape index (κ3) is 3.88. The zero-order chi connectivity index (χ0) is 29.0. The molecular weight excluding hydrogens is 532 g/mol. The van der Waals surface area contributed by atoms with Crippen LogP contribution in [0.15, 0.2) is 158 Å². The normalized spacial score (nSPS) is 14.4. The number of rotatable bonds is 4. The lowest BCUT2D eigenvalue weighted by atomic mass is 9.86. The molecular formula is C42H30N2. The molecule has 2 nitrogen and oxygen atoms in total. The summed E-state index contributed by atoms with van der Waals surface area (Å²) in [7, 11) is 0. The zero-order valence-electron chi connectivity index (χ0n) is 24.3. The van der Waals surface area contributed by atoms with Gasteiger partial charge in [-0.3, -0.25) is 0 Å². The number of allylic oxidation sites excluding steroid dienone is 1. The Labute approximate surface area is 256 Å². The van der Waals surface area contributed by atoms with Crippen LogP contribution in [0.1, 0.15) is 22.7 Å². The second-order valence-corrected chi connectivity index (χ2v) is 11.8. The molecule has 2 heteroatoms. The van der Waals surface area contributed by atoms with Gasteiger partial charge in [-0.2, -0.15) is 0 Å². The van der Waals surface area contributed by atoms with E-state index in [1.165, 1.54) is 72.0 Å². The Kier molecular flexibility index (Phi) is 5.67. The van der Waals surface area contributed by atoms with Gasteiger partial charge in [0.1, 0.15) is 0 Å². The van der Waals surface area contributed by atoms with E-state index in [2.05, 4.69) is 173 Å². The van der Waals surface area contributed by atoms with E-state index in [9.17, 15) is 0 Å². The predicted octanol–water partition coefficient (Wildman–Crippen LogP) is 10.7. The third-order valence-corrected chi connectivity index (χ3v) is 9.29. The van der Waals surface area contributed by atoms with E-state index in [4.69, 9.17) is 0 Å². The number of para-hydroxylation sites is 3. The SMILES string of the molecule is C1=CC(c2ccccc2)Cc2c1n(-c1ccccc1)c1ccc(-c3ccc4c5ccccc5n(-c5ccccc5)c4c3)cc21. The molecule has 0 saturated heterocycles. The number of benzene rings is 6. The molecule has 0 spiro atoms. The molecule has 6 aromatic carbocycles. The first kappa shape index (κ1) is 24.9. The van der Waals surface area contributed by atoms with Gasteiger partial charge >= 0.3 is 0 Å². The molecule has 1 atom stereocenters. The van der Waals surface area contributed by atoms with E-state index >= 15 is 0 Å². The van der Waals surface area contributed by atoms with Crippen molar-refractivity contribution in [2.24, 2.45) is 0 Å². The lowest BCUT2D eigenvalue weighted by molar-refractivity contribution is 0.825. The highest BCUT2D eigenvalue weighted by molar-refractivity contribution is 6.10. The van der Waals surface area contributed by atoms with Crippen LogP contribution in [0, 0.1) is 0 Å². The maximum Gasteiger partial charge on any atom is 0.0547 e. The van der Waals surface area contributed by atoms with Crippen LogP contribution in [0.25, 0.3) is 61.3 Å². The van der Waals surface area contributed by atoms with E-state index < -0.39 is 0 Å². The Balaban J connectivity index is 1.25. The Morgan fingerprint density at radius 1 is 0.455 bits per heavy atom. The minimum atomic E-state index is 0.361. The minimum Gasteiger partial charge on any atom is -0.310 e. The molecule has 9 rings (SSSR count). The van der Waals surface area contributed by atoms with E-state index in [0.717, 1.165) is 6.42 Å². The van der Waals surface area contributed by atoms with Crippen molar-refractivity contribution in [3.8, 4) is 22.5 Å². The van der Waals surface area contributed by atoms with Crippen LogP contribution in [-0.4, -0.2) is 9.13 Å². The molecule has 1 aliphatic rings. The van der Waals surface area contributed by atoms with Crippen LogP contribution in [0.4, 0.5) is 0 Å². The summed E-state index contributed by atoms with van der Waals surface area (Å²) in [5.41, 5.74) is 12.6. The molecule has 208 valence electrons. The summed E-state index contributed by atoms with van der Waals surface area (Å²) in [5.74, 6) is 0.361. The summed E-state index contributed by atoms with van der Waals surface area (Å²) < 4.78 is 4.83. The van der Waals surface area contributed by atoms with E-state index in [1.807, 2.05) is 0 Å². The van der Waals surface area contributed by atoms with Gasteiger partial charge in [-0.15, -0.1) is 0 Å². The van der Waals surface area contributed by atoms with Crippen LogP contribution < -0.4 is 0 Å². The molecule has 0 amide bonds. The van der Waals surface area contributed by atoms with Gasteiger partial charge in [-0.05, 0) is 83.3 Å².